The van der Waals surface area contributed by atoms with Gasteiger partial charge in [-0.1, -0.05) is 23.7 Å². The van der Waals surface area contributed by atoms with Crippen LogP contribution in [0.5, 0.6) is 11.5 Å². The van der Waals surface area contributed by atoms with Crippen LogP contribution < -0.4 is 14.2 Å². The molecule has 0 radical (unpaired) electrons. The van der Waals surface area contributed by atoms with Crippen LogP contribution in [-0.4, -0.2) is 30.9 Å². The van der Waals surface area contributed by atoms with Crippen LogP contribution in [-0.2, 0) is 16.6 Å². The van der Waals surface area contributed by atoms with Gasteiger partial charge in [0.25, 0.3) is 10.0 Å². The van der Waals surface area contributed by atoms with Crippen LogP contribution in [0.1, 0.15) is 0 Å². The minimum absolute atomic E-state index is 0.149. The van der Waals surface area contributed by atoms with Gasteiger partial charge in [0.1, 0.15) is 10.8 Å². The van der Waals surface area contributed by atoms with Gasteiger partial charge in [-0.25, -0.2) is 8.42 Å². The van der Waals surface area contributed by atoms with E-state index in [9.17, 15) is 8.42 Å². The van der Waals surface area contributed by atoms with E-state index in [4.69, 9.17) is 21.1 Å². The van der Waals surface area contributed by atoms with Crippen LogP contribution in [0.3, 0.4) is 0 Å². The molecule has 0 aliphatic carbocycles. The van der Waals surface area contributed by atoms with E-state index in [1.165, 1.54) is 12.3 Å². The molecular weight excluding hydrogens is 398 g/mol. The molecule has 1 aliphatic rings. The summed E-state index contributed by atoms with van der Waals surface area (Å²) in [4.78, 5) is 0. The highest BCUT2D eigenvalue weighted by atomic mass is 35.5. The van der Waals surface area contributed by atoms with E-state index in [2.05, 4.69) is 9.82 Å². The van der Waals surface area contributed by atoms with E-state index in [1.54, 1.807) is 16.9 Å². The van der Waals surface area contributed by atoms with Gasteiger partial charge in [0, 0.05) is 6.20 Å². The average molecular weight is 412 g/mol. The quantitative estimate of drug-likeness (QED) is 0.696. The molecule has 1 unspecified atom stereocenters. The summed E-state index contributed by atoms with van der Waals surface area (Å²) >= 11 is 6.80. The van der Waals surface area contributed by atoms with Gasteiger partial charge in [-0.2, -0.15) is 5.10 Å². The number of anilines is 1. The number of nitrogens with zero attached hydrogens (tertiary/aromatic N) is 2. The Balaban J connectivity index is 1.42. The lowest BCUT2D eigenvalue weighted by Crippen LogP contribution is -2.33. The van der Waals surface area contributed by atoms with Gasteiger partial charge < -0.3 is 9.47 Å². The zero-order chi connectivity index (χ0) is 18.1. The highest BCUT2D eigenvalue weighted by Crippen LogP contribution is 2.31. The lowest BCUT2D eigenvalue weighted by molar-refractivity contribution is 0.0759. The van der Waals surface area contributed by atoms with Crippen molar-refractivity contribution in [3.8, 4) is 11.5 Å². The zero-order valence-electron chi connectivity index (χ0n) is 13.3. The molecule has 0 fully saturated rings. The highest BCUT2D eigenvalue weighted by Gasteiger charge is 2.22. The van der Waals surface area contributed by atoms with Gasteiger partial charge in [-0.3, -0.25) is 9.40 Å². The fraction of sp³-hybridized carbons (Fsp3) is 0.188. The Morgan fingerprint density at radius 3 is 2.85 bits per heavy atom. The van der Waals surface area contributed by atoms with Crippen molar-refractivity contribution in [2.24, 2.45) is 0 Å². The van der Waals surface area contributed by atoms with Gasteiger partial charge in [-0.15, -0.1) is 11.3 Å². The number of halogens is 1. The Hall–Kier alpha value is -2.23. The Kier molecular flexibility index (Phi) is 4.51. The summed E-state index contributed by atoms with van der Waals surface area (Å²) in [7, 11) is -3.68. The Labute approximate surface area is 159 Å². The number of fused-ring (bicyclic) bond motifs is 1. The van der Waals surface area contributed by atoms with Crippen LogP contribution in [0.2, 0.25) is 4.34 Å². The lowest BCUT2D eigenvalue weighted by Gasteiger charge is -2.26. The third kappa shape index (κ3) is 3.64. The van der Waals surface area contributed by atoms with E-state index in [0.29, 0.717) is 34.7 Å². The summed E-state index contributed by atoms with van der Waals surface area (Å²) in [6.45, 7) is 0.826. The third-order valence-electron chi connectivity index (χ3n) is 3.66. The molecule has 1 aromatic carbocycles. The van der Waals surface area contributed by atoms with Crippen molar-refractivity contribution in [1.29, 1.82) is 0 Å². The number of aromatic nitrogens is 2. The zero-order valence-corrected chi connectivity index (χ0v) is 15.7. The van der Waals surface area contributed by atoms with Gasteiger partial charge >= 0.3 is 0 Å². The summed E-state index contributed by atoms with van der Waals surface area (Å²) < 4.78 is 40.8. The molecule has 0 spiro atoms. The second-order valence-electron chi connectivity index (χ2n) is 5.61. The second kappa shape index (κ2) is 6.82. The van der Waals surface area contributed by atoms with Crippen LogP contribution in [0.15, 0.2) is 53.0 Å². The predicted molar refractivity (Wildman–Crippen MR) is 98.7 cm³/mol. The van der Waals surface area contributed by atoms with Crippen molar-refractivity contribution in [2.45, 2.75) is 16.9 Å². The minimum Gasteiger partial charge on any atom is -0.486 e. The molecule has 0 saturated carbocycles. The van der Waals surface area contributed by atoms with Crippen LogP contribution in [0.4, 0.5) is 5.69 Å². The standard InChI is InChI=1S/C16H14ClN3O4S2/c17-15-5-6-16(25-15)26(21,22)19-11-7-18-20(8-11)9-12-10-23-13-3-1-2-4-14(13)24-12/h1-8,12,19H,9-10H2. The Morgan fingerprint density at radius 2 is 2.08 bits per heavy atom. The first-order chi connectivity index (χ1) is 12.5. The number of ether oxygens (including phenoxy) is 2. The molecule has 4 rings (SSSR count). The number of sulfonamides is 1. The summed E-state index contributed by atoms with van der Waals surface area (Å²) in [5.74, 6) is 1.40. The van der Waals surface area contributed by atoms with Crippen molar-refractivity contribution in [1.82, 2.24) is 9.78 Å². The molecular formula is C16H14ClN3O4S2. The predicted octanol–water partition coefficient (Wildman–Crippen LogP) is 3.24. The van der Waals surface area contributed by atoms with Crippen molar-refractivity contribution >= 4 is 38.6 Å². The fourth-order valence-electron chi connectivity index (χ4n) is 2.53. The number of hydrogen-bond acceptors (Lipinski definition) is 6. The van der Waals surface area contributed by atoms with Gasteiger partial charge in [0.2, 0.25) is 0 Å². The van der Waals surface area contributed by atoms with E-state index in [0.717, 1.165) is 11.3 Å². The van der Waals surface area contributed by atoms with E-state index >= 15 is 0 Å². The normalized spacial score (nSPS) is 16.4. The van der Waals surface area contributed by atoms with Crippen molar-refractivity contribution in [3.63, 3.8) is 0 Å². The summed E-state index contributed by atoms with van der Waals surface area (Å²) in [5.41, 5.74) is 0.367. The van der Waals surface area contributed by atoms with Crippen molar-refractivity contribution in [2.75, 3.05) is 11.3 Å². The molecule has 0 amide bonds. The largest absolute Gasteiger partial charge is 0.486 e. The number of para-hydroxylation sites is 2. The number of thiophene rings is 1. The van der Waals surface area contributed by atoms with Crippen LogP contribution >= 0.6 is 22.9 Å². The highest BCUT2D eigenvalue weighted by molar-refractivity contribution is 7.94. The Morgan fingerprint density at radius 1 is 1.27 bits per heavy atom. The van der Waals surface area contributed by atoms with Crippen LogP contribution in [0, 0.1) is 0 Å². The van der Waals surface area contributed by atoms with E-state index < -0.39 is 10.0 Å². The third-order valence-corrected chi connectivity index (χ3v) is 6.76. The van der Waals surface area contributed by atoms with Crippen molar-refractivity contribution < 1.29 is 17.9 Å². The van der Waals surface area contributed by atoms with Gasteiger partial charge in [-0.05, 0) is 24.3 Å². The summed E-state index contributed by atoms with van der Waals surface area (Å²) in [5, 5.41) is 4.18. The lowest BCUT2D eigenvalue weighted by atomic mass is 10.2. The summed E-state index contributed by atoms with van der Waals surface area (Å²) in [6, 6.07) is 10.5. The molecule has 136 valence electrons. The number of hydrogen-bond donors (Lipinski definition) is 1. The maximum atomic E-state index is 12.3. The van der Waals surface area contributed by atoms with E-state index in [-0.39, 0.29) is 10.3 Å². The first-order valence-corrected chi connectivity index (χ1v) is 10.4. The smallest absolute Gasteiger partial charge is 0.271 e. The van der Waals surface area contributed by atoms with E-state index in [1.807, 2.05) is 24.3 Å². The first-order valence-electron chi connectivity index (χ1n) is 7.69. The second-order valence-corrected chi connectivity index (χ2v) is 9.24. The molecule has 7 nitrogen and oxygen atoms in total. The molecule has 1 aliphatic heterocycles. The number of benzene rings is 1. The molecule has 1 atom stereocenters. The Bertz CT molecular complexity index is 1030. The molecule has 3 aromatic rings. The topological polar surface area (TPSA) is 82.5 Å². The molecule has 2 aromatic heterocycles. The summed E-state index contributed by atoms with van der Waals surface area (Å²) in [6.07, 6.45) is 2.84. The van der Waals surface area contributed by atoms with Gasteiger partial charge in [0.15, 0.2) is 17.6 Å². The molecule has 1 N–H and O–H groups in total. The maximum Gasteiger partial charge on any atom is 0.271 e. The molecule has 3 heterocycles. The molecule has 10 heteroatoms. The minimum atomic E-state index is -3.68. The fourth-order valence-corrected chi connectivity index (χ4v) is 5.04. The van der Waals surface area contributed by atoms with Gasteiger partial charge in [0.05, 0.1) is 22.8 Å². The first kappa shape index (κ1) is 17.2. The molecule has 0 bridgehead atoms. The molecule has 0 saturated heterocycles. The number of nitrogens with one attached hydrogen (secondary N) is 1. The molecule has 26 heavy (non-hydrogen) atoms. The monoisotopic (exact) mass is 411 g/mol. The number of rotatable bonds is 5. The maximum absolute atomic E-state index is 12.3. The average Bonchev–Trinajstić information content (AvgIpc) is 3.24. The van der Waals surface area contributed by atoms with Crippen molar-refractivity contribution in [3.05, 3.63) is 53.1 Å². The SMILES string of the molecule is O=S(=O)(Nc1cnn(CC2COc3ccccc3O2)c1)c1ccc(Cl)s1. The van der Waals surface area contributed by atoms with Crippen LogP contribution in [0.25, 0.3) is 0 Å².